The maximum Gasteiger partial charge on any atom is 0.136 e. The molecule has 0 atom stereocenters. The maximum absolute atomic E-state index is 5.60. The number of nitrogens with two attached hydrogens (primary N) is 1. The number of benzene rings is 1. The van der Waals surface area contributed by atoms with Crippen molar-refractivity contribution in [3.63, 3.8) is 0 Å². The van der Waals surface area contributed by atoms with Crippen LogP contribution < -0.4 is 5.73 Å². The van der Waals surface area contributed by atoms with E-state index in [4.69, 9.17) is 18.0 Å². The molecule has 0 saturated carbocycles. The Kier molecular flexibility index (Phi) is 1.26. The van der Waals surface area contributed by atoms with Crippen molar-refractivity contribution in [2.75, 3.05) is 0 Å². The van der Waals surface area contributed by atoms with Gasteiger partial charge in [-0.1, -0.05) is 36.5 Å². The van der Waals surface area contributed by atoms with Crippen LogP contribution in [0, 0.1) is 0 Å². The molecule has 0 saturated heterocycles. The van der Waals surface area contributed by atoms with Crippen molar-refractivity contribution < 1.29 is 0 Å². The van der Waals surface area contributed by atoms with Crippen LogP contribution in [0.4, 0.5) is 0 Å². The van der Waals surface area contributed by atoms with E-state index in [2.05, 4.69) is 4.99 Å². The summed E-state index contributed by atoms with van der Waals surface area (Å²) in [5.41, 5.74) is 7.53. The van der Waals surface area contributed by atoms with E-state index in [0.717, 1.165) is 11.1 Å². The third-order valence-electron chi connectivity index (χ3n) is 1.66. The van der Waals surface area contributed by atoms with E-state index in [9.17, 15) is 0 Å². The summed E-state index contributed by atoms with van der Waals surface area (Å²) < 4.78 is 0. The summed E-state index contributed by atoms with van der Waals surface area (Å²) in [5.74, 6) is 0.533. The van der Waals surface area contributed by atoms with Gasteiger partial charge < -0.3 is 5.73 Å². The first-order valence-corrected chi connectivity index (χ1v) is 3.68. The average Bonchev–Trinajstić information content (AvgIpc) is 2.30. The normalized spacial score (nSPS) is 14.5. The van der Waals surface area contributed by atoms with Gasteiger partial charge in [0.25, 0.3) is 0 Å². The first-order valence-electron chi connectivity index (χ1n) is 3.27. The predicted molar refractivity (Wildman–Crippen MR) is 48.9 cm³/mol. The molecule has 0 unspecified atom stereocenters. The van der Waals surface area contributed by atoms with Gasteiger partial charge in [0.2, 0.25) is 0 Å². The summed E-state index contributed by atoms with van der Waals surface area (Å²) in [7, 11) is 0. The molecule has 0 spiro atoms. The number of fused-ring (bicyclic) bond motifs is 1. The van der Waals surface area contributed by atoms with Crippen molar-refractivity contribution in [2.24, 2.45) is 10.7 Å². The van der Waals surface area contributed by atoms with Gasteiger partial charge in [0.1, 0.15) is 10.8 Å². The molecule has 2 rings (SSSR count). The van der Waals surface area contributed by atoms with Gasteiger partial charge in [-0.2, -0.15) is 0 Å². The quantitative estimate of drug-likeness (QED) is 0.580. The molecule has 0 bridgehead atoms. The summed E-state index contributed by atoms with van der Waals surface area (Å²) in [5, 5.41) is 0. The van der Waals surface area contributed by atoms with E-state index in [-0.39, 0.29) is 0 Å². The van der Waals surface area contributed by atoms with Crippen molar-refractivity contribution >= 4 is 23.0 Å². The second kappa shape index (κ2) is 2.13. The van der Waals surface area contributed by atoms with Crippen LogP contribution in [0.25, 0.3) is 0 Å². The van der Waals surface area contributed by atoms with Gasteiger partial charge in [0.05, 0.1) is 0 Å². The standard InChI is InChI=1S/C8H6N2S/c9-7-5-3-1-2-4-6(5)8(11)10-7/h1-4H,(H2,9,10,11). The van der Waals surface area contributed by atoms with Crippen LogP contribution in [0.1, 0.15) is 11.1 Å². The lowest BCUT2D eigenvalue weighted by atomic mass is 10.1. The van der Waals surface area contributed by atoms with Gasteiger partial charge >= 0.3 is 0 Å². The van der Waals surface area contributed by atoms with Crippen molar-refractivity contribution in [2.45, 2.75) is 0 Å². The molecule has 11 heavy (non-hydrogen) atoms. The van der Waals surface area contributed by atoms with Gasteiger partial charge in [-0.25, -0.2) is 4.99 Å². The third-order valence-corrected chi connectivity index (χ3v) is 1.97. The lowest BCUT2D eigenvalue weighted by Gasteiger charge is -1.94. The van der Waals surface area contributed by atoms with Crippen LogP contribution in [0.15, 0.2) is 29.3 Å². The minimum Gasteiger partial charge on any atom is -0.383 e. The maximum atomic E-state index is 5.60. The fourth-order valence-electron chi connectivity index (χ4n) is 1.12. The van der Waals surface area contributed by atoms with E-state index in [0.29, 0.717) is 10.8 Å². The van der Waals surface area contributed by atoms with Crippen molar-refractivity contribution in [1.29, 1.82) is 0 Å². The molecule has 0 aromatic heterocycles. The van der Waals surface area contributed by atoms with Crippen LogP contribution in [0.3, 0.4) is 0 Å². The fourth-order valence-corrected chi connectivity index (χ4v) is 1.40. The molecule has 0 fully saturated rings. The minimum absolute atomic E-state index is 0.533. The predicted octanol–water partition coefficient (Wildman–Crippen LogP) is 1.08. The molecular weight excluding hydrogens is 156 g/mol. The zero-order valence-electron chi connectivity index (χ0n) is 5.74. The molecule has 0 aliphatic carbocycles. The molecular formula is C8H6N2S. The van der Waals surface area contributed by atoms with Gasteiger partial charge in [-0.3, -0.25) is 0 Å². The Hall–Kier alpha value is -1.22. The molecule has 54 valence electrons. The molecule has 1 aliphatic rings. The highest BCUT2D eigenvalue weighted by molar-refractivity contribution is 7.80. The largest absolute Gasteiger partial charge is 0.383 e. The number of aliphatic imine (C=N–C) groups is 1. The summed E-state index contributed by atoms with van der Waals surface area (Å²) in [6.45, 7) is 0. The molecule has 2 N–H and O–H groups in total. The highest BCUT2D eigenvalue weighted by Crippen LogP contribution is 2.16. The molecule has 3 heteroatoms. The molecule has 2 nitrogen and oxygen atoms in total. The number of hydrogen-bond donors (Lipinski definition) is 1. The highest BCUT2D eigenvalue weighted by Gasteiger charge is 2.15. The van der Waals surface area contributed by atoms with Crippen LogP contribution in [0.2, 0.25) is 0 Å². The van der Waals surface area contributed by atoms with Crippen molar-refractivity contribution in [3.8, 4) is 0 Å². The van der Waals surface area contributed by atoms with Gasteiger partial charge in [-0.15, -0.1) is 0 Å². The van der Waals surface area contributed by atoms with Crippen LogP contribution in [-0.4, -0.2) is 10.8 Å². The van der Waals surface area contributed by atoms with Gasteiger partial charge in [-0.05, 0) is 0 Å². The van der Waals surface area contributed by atoms with Crippen molar-refractivity contribution in [3.05, 3.63) is 35.4 Å². The van der Waals surface area contributed by atoms with Crippen LogP contribution in [0.5, 0.6) is 0 Å². The number of nitrogens with zero attached hydrogens (tertiary/aromatic N) is 1. The smallest absolute Gasteiger partial charge is 0.136 e. The SMILES string of the molecule is NC1=NC(=S)c2ccccc21. The van der Waals surface area contributed by atoms with E-state index in [1.54, 1.807) is 0 Å². The molecule has 1 heterocycles. The summed E-state index contributed by atoms with van der Waals surface area (Å²) in [6, 6.07) is 7.71. The lowest BCUT2D eigenvalue weighted by Crippen LogP contribution is -2.09. The number of thiocarbonyl (C=S) groups is 1. The molecule has 0 radical (unpaired) electrons. The molecule has 0 amide bonds. The number of amidine groups is 1. The lowest BCUT2D eigenvalue weighted by molar-refractivity contribution is 1.60. The van der Waals surface area contributed by atoms with Crippen LogP contribution in [-0.2, 0) is 0 Å². The Bertz CT molecular complexity index is 355. The summed E-state index contributed by atoms with van der Waals surface area (Å²) >= 11 is 4.98. The zero-order valence-corrected chi connectivity index (χ0v) is 6.56. The molecule has 1 aromatic rings. The first kappa shape index (κ1) is 6.49. The van der Waals surface area contributed by atoms with Crippen LogP contribution >= 0.6 is 12.2 Å². The highest BCUT2D eigenvalue weighted by atomic mass is 32.1. The Labute approximate surface area is 69.7 Å². The summed E-state index contributed by atoms with van der Waals surface area (Å²) in [6.07, 6.45) is 0. The second-order valence-corrected chi connectivity index (χ2v) is 2.73. The average molecular weight is 162 g/mol. The fraction of sp³-hybridized carbons (Fsp3) is 0. The molecule has 1 aromatic carbocycles. The van der Waals surface area contributed by atoms with Crippen molar-refractivity contribution in [1.82, 2.24) is 0 Å². The van der Waals surface area contributed by atoms with Gasteiger partial charge in [0.15, 0.2) is 0 Å². The zero-order chi connectivity index (χ0) is 7.84. The van der Waals surface area contributed by atoms with E-state index in [1.165, 1.54) is 0 Å². The topological polar surface area (TPSA) is 38.4 Å². The monoisotopic (exact) mass is 162 g/mol. The Balaban J connectivity index is 2.71. The third kappa shape index (κ3) is 0.851. The minimum atomic E-state index is 0.533. The first-order chi connectivity index (χ1) is 5.29. The number of rotatable bonds is 0. The Morgan fingerprint density at radius 3 is 2.45 bits per heavy atom. The second-order valence-electron chi connectivity index (χ2n) is 2.35. The van der Waals surface area contributed by atoms with Gasteiger partial charge in [0, 0.05) is 11.1 Å². The van der Waals surface area contributed by atoms with E-state index >= 15 is 0 Å². The van der Waals surface area contributed by atoms with E-state index < -0.39 is 0 Å². The van der Waals surface area contributed by atoms with E-state index in [1.807, 2.05) is 24.3 Å². The number of hydrogen-bond acceptors (Lipinski definition) is 2. The Morgan fingerprint density at radius 1 is 1.18 bits per heavy atom. The Morgan fingerprint density at radius 2 is 1.82 bits per heavy atom. The summed E-state index contributed by atoms with van der Waals surface area (Å²) in [4.78, 5) is 4.58. The molecule has 1 aliphatic heterocycles.